The second-order valence-electron chi connectivity index (χ2n) is 7.59. The van der Waals surface area contributed by atoms with Crippen molar-refractivity contribution in [3.05, 3.63) is 132 Å². The predicted molar refractivity (Wildman–Crippen MR) is 131 cm³/mol. The van der Waals surface area contributed by atoms with Crippen molar-refractivity contribution in [1.29, 1.82) is 0 Å². The maximum atomic E-state index is 6.78. The molecular weight excluding hydrogens is 465 g/mol. The fourth-order valence-electron chi connectivity index (χ4n) is 4.10. The average Bonchev–Trinajstić information content (AvgIpc) is 2.86. The van der Waals surface area contributed by atoms with Crippen molar-refractivity contribution in [3.8, 4) is 0 Å². The van der Waals surface area contributed by atoms with E-state index >= 15 is 0 Å². The van der Waals surface area contributed by atoms with Crippen LogP contribution >= 0.6 is 5.51 Å². The Kier molecular flexibility index (Phi) is 6.09. The zero-order valence-corrected chi connectivity index (χ0v) is 19.6. The maximum absolute atomic E-state index is 6.78. The topological polar surface area (TPSA) is 18.5 Å². The van der Waals surface area contributed by atoms with Crippen LogP contribution in [0.15, 0.2) is 121 Å². The first-order valence-electron chi connectivity index (χ1n) is 10.4. The Morgan fingerprint density at radius 1 is 0.548 bits per heavy atom. The molecule has 2 nitrogen and oxygen atoms in total. The van der Waals surface area contributed by atoms with Gasteiger partial charge in [-0.3, -0.25) is 0 Å². The molecule has 1 heterocycles. The standard InChI is InChI=1S/C26H22BO2PSe/c31-30(24-19-11-4-12-20-24)25(21-13-5-1-6-14-21)28-27(23-17-9-3-10-18-23)29-26(30)22-15-7-2-8-16-22/h1-20,25-26H. The van der Waals surface area contributed by atoms with E-state index in [1.165, 1.54) is 16.4 Å². The first-order valence-corrected chi connectivity index (χ1v) is 14.5. The average molecular weight is 487 g/mol. The molecule has 1 aliphatic rings. The van der Waals surface area contributed by atoms with Gasteiger partial charge in [0.15, 0.2) is 0 Å². The molecule has 31 heavy (non-hydrogen) atoms. The van der Waals surface area contributed by atoms with Crippen LogP contribution in [-0.4, -0.2) is 22.2 Å². The molecule has 0 saturated carbocycles. The van der Waals surface area contributed by atoms with Crippen LogP contribution in [0.2, 0.25) is 0 Å². The van der Waals surface area contributed by atoms with Gasteiger partial charge in [0.1, 0.15) is 0 Å². The van der Waals surface area contributed by atoms with E-state index in [0.717, 1.165) is 5.46 Å². The van der Waals surface area contributed by atoms with Crippen molar-refractivity contribution in [3.63, 3.8) is 0 Å². The summed E-state index contributed by atoms with van der Waals surface area (Å²) >= 11 is 3.64. The Morgan fingerprint density at radius 2 is 0.935 bits per heavy atom. The molecule has 4 aromatic rings. The fraction of sp³-hybridized carbons (Fsp3) is 0.0769. The molecule has 0 N–H and O–H groups in total. The molecule has 4 aromatic carbocycles. The summed E-state index contributed by atoms with van der Waals surface area (Å²) in [5.41, 5.74) is 1.26. The number of hydrogen-bond donors (Lipinski definition) is 0. The van der Waals surface area contributed by atoms with Crippen molar-refractivity contribution >= 4 is 38.5 Å². The van der Waals surface area contributed by atoms with E-state index in [-0.39, 0.29) is 11.7 Å². The van der Waals surface area contributed by atoms with E-state index in [1.807, 2.05) is 30.3 Å². The zero-order chi connectivity index (χ0) is 21.1. The van der Waals surface area contributed by atoms with Crippen LogP contribution < -0.4 is 10.8 Å². The summed E-state index contributed by atoms with van der Waals surface area (Å²) in [4.78, 5) is 0. The number of rotatable bonds is 4. The summed E-state index contributed by atoms with van der Waals surface area (Å²) in [5, 5.41) is 1.25. The number of hydrogen-bond acceptors (Lipinski definition) is 2. The molecule has 5 rings (SSSR count). The first kappa shape index (κ1) is 20.7. The molecule has 0 aliphatic carbocycles. The van der Waals surface area contributed by atoms with Gasteiger partial charge < -0.3 is 0 Å². The Hall–Kier alpha value is -2.19. The van der Waals surface area contributed by atoms with Crippen molar-refractivity contribution in [1.82, 2.24) is 0 Å². The third-order valence-corrected chi connectivity index (χ3v) is 12.7. The van der Waals surface area contributed by atoms with Crippen molar-refractivity contribution in [2.24, 2.45) is 0 Å². The molecule has 1 fully saturated rings. The summed E-state index contributed by atoms with van der Waals surface area (Å²) in [6.45, 7) is 0. The van der Waals surface area contributed by atoms with Gasteiger partial charge in [-0.05, 0) is 0 Å². The second-order valence-corrected chi connectivity index (χ2v) is 14.3. The summed E-state index contributed by atoms with van der Waals surface area (Å²) in [5.74, 6) is -0.250. The minimum absolute atomic E-state index is 0.125. The van der Waals surface area contributed by atoms with E-state index in [4.69, 9.17) is 9.31 Å². The van der Waals surface area contributed by atoms with E-state index in [2.05, 4.69) is 106 Å². The summed E-state index contributed by atoms with van der Waals surface area (Å²) < 4.78 is 13.6. The molecule has 2 atom stereocenters. The molecule has 1 aliphatic heterocycles. The fourth-order valence-corrected chi connectivity index (χ4v) is 10.3. The summed E-state index contributed by atoms with van der Waals surface area (Å²) in [7, 11) is -0.443. The van der Waals surface area contributed by atoms with Crippen LogP contribution in [0.3, 0.4) is 0 Å². The zero-order valence-electron chi connectivity index (χ0n) is 17.0. The first-order chi connectivity index (χ1) is 15.3. The van der Waals surface area contributed by atoms with Gasteiger partial charge in [0.25, 0.3) is 0 Å². The Morgan fingerprint density at radius 3 is 1.39 bits per heavy atom. The number of benzene rings is 4. The molecule has 2 unspecified atom stereocenters. The molecule has 1 saturated heterocycles. The Balaban J connectivity index is 1.71. The minimum atomic E-state index is -2.11. The van der Waals surface area contributed by atoms with Crippen molar-refractivity contribution < 1.29 is 9.31 Å². The normalized spacial score (nSPS) is 23.4. The van der Waals surface area contributed by atoms with Gasteiger partial charge >= 0.3 is 192 Å². The van der Waals surface area contributed by atoms with Crippen LogP contribution in [0.1, 0.15) is 22.8 Å². The third-order valence-electron chi connectivity index (χ3n) is 5.60. The molecule has 0 amide bonds. The van der Waals surface area contributed by atoms with Gasteiger partial charge in [-0.25, -0.2) is 0 Å². The SMILES string of the molecule is [Se]=P1(c2ccccc2)C(c2ccccc2)OB(c2ccccc2)OC1c1ccccc1. The Labute approximate surface area is 191 Å². The molecule has 0 spiro atoms. The van der Waals surface area contributed by atoms with Gasteiger partial charge in [0.2, 0.25) is 0 Å². The summed E-state index contributed by atoms with van der Waals surface area (Å²) in [6.07, 6.45) is 0. The van der Waals surface area contributed by atoms with Gasteiger partial charge in [-0.15, -0.1) is 0 Å². The molecule has 0 aromatic heterocycles. The van der Waals surface area contributed by atoms with Gasteiger partial charge in [0, 0.05) is 0 Å². The predicted octanol–water partition coefficient (Wildman–Crippen LogP) is 5.25. The molecule has 0 radical (unpaired) electrons. The quantitative estimate of drug-likeness (QED) is 0.289. The van der Waals surface area contributed by atoms with Gasteiger partial charge in [-0.1, -0.05) is 0 Å². The molecule has 152 valence electrons. The van der Waals surface area contributed by atoms with Crippen LogP contribution in [-0.2, 0) is 9.31 Å². The van der Waals surface area contributed by atoms with E-state index in [9.17, 15) is 0 Å². The van der Waals surface area contributed by atoms with Crippen LogP contribution in [0, 0.1) is 0 Å². The van der Waals surface area contributed by atoms with Crippen LogP contribution in [0.4, 0.5) is 0 Å². The third kappa shape index (κ3) is 4.03. The second kappa shape index (κ2) is 9.13. The van der Waals surface area contributed by atoms with Crippen molar-refractivity contribution in [2.75, 3.05) is 0 Å². The van der Waals surface area contributed by atoms with E-state index in [0.29, 0.717) is 0 Å². The van der Waals surface area contributed by atoms with E-state index < -0.39 is 12.6 Å². The molecular formula is C26H22BO2PSe. The summed E-state index contributed by atoms with van der Waals surface area (Å²) in [6, 6.07) is 42.0. The van der Waals surface area contributed by atoms with E-state index in [1.54, 1.807) is 0 Å². The van der Waals surface area contributed by atoms with Crippen LogP contribution in [0.25, 0.3) is 0 Å². The van der Waals surface area contributed by atoms with Crippen molar-refractivity contribution in [2.45, 2.75) is 11.7 Å². The van der Waals surface area contributed by atoms with Gasteiger partial charge in [-0.2, -0.15) is 0 Å². The molecule has 5 heteroatoms. The van der Waals surface area contributed by atoms with Crippen LogP contribution in [0.5, 0.6) is 0 Å². The van der Waals surface area contributed by atoms with Gasteiger partial charge in [0.05, 0.1) is 0 Å². The Bertz CT molecular complexity index is 1120. The molecule has 0 bridgehead atoms. The monoisotopic (exact) mass is 488 g/mol.